The first-order chi connectivity index (χ1) is 7.73. The highest BCUT2D eigenvalue weighted by Crippen LogP contribution is 1.89. The number of guanidine groups is 2. The summed E-state index contributed by atoms with van der Waals surface area (Å²) in [4.78, 5) is 24.6. The Morgan fingerprint density at radius 1 is 1.00 bits per heavy atom. The summed E-state index contributed by atoms with van der Waals surface area (Å²) in [6.45, 7) is -0.601. The van der Waals surface area contributed by atoms with Crippen LogP contribution in [0.25, 0.3) is 0 Å². The zero-order chi connectivity index (χ0) is 13.6. The maximum absolute atomic E-state index is 11.2. The molecule has 0 aliphatic rings. The number of rotatable bonds is 4. The van der Waals surface area contributed by atoms with E-state index in [1.54, 1.807) is 0 Å². The third kappa shape index (κ3) is 5.97. The Kier molecular flexibility index (Phi) is 5.44. The highest BCUT2D eigenvalue weighted by molar-refractivity contribution is 5.90. The second-order valence-corrected chi connectivity index (χ2v) is 3.33. The van der Waals surface area contributed by atoms with Crippen molar-refractivity contribution in [1.29, 1.82) is 10.8 Å². The Labute approximate surface area is 98.3 Å². The summed E-state index contributed by atoms with van der Waals surface area (Å²) in [6.07, 6.45) is 0. The molecule has 0 saturated heterocycles. The minimum Gasteiger partial charge on any atom is -0.390 e. The van der Waals surface area contributed by atoms with Gasteiger partial charge in [-0.2, -0.15) is 0 Å². The average Bonchev–Trinajstić information content (AvgIpc) is 2.16. The normalized spacial score (nSPS) is 9.29. The largest absolute Gasteiger partial charge is 0.390 e. The van der Waals surface area contributed by atoms with Gasteiger partial charge >= 0.3 is 11.9 Å². The topological polar surface area (TPSA) is 150 Å². The number of nitrogens with zero attached hydrogens (tertiary/aromatic N) is 2. The first kappa shape index (κ1) is 14.7. The molecule has 9 heteroatoms. The Morgan fingerprint density at radius 3 is 1.53 bits per heavy atom. The summed E-state index contributed by atoms with van der Waals surface area (Å²) in [7, 11) is 2.82. The van der Waals surface area contributed by atoms with Gasteiger partial charge in [0.2, 0.25) is 0 Å². The molecule has 0 heterocycles. The van der Waals surface area contributed by atoms with E-state index >= 15 is 0 Å². The molecule has 0 aliphatic carbocycles. The number of carbonyl (C=O) groups is 2. The van der Waals surface area contributed by atoms with Crippen molar-refractivity contribution < 1.29 is 14.3 Å². The first-order valence-electron chi connectivity index (χ1n) is 4.58. The molecular formula is C8H16N6O3. The van der Waals surface area contributed by atoms with E-state index in [0.717, 1.165) is 9.80 Å². The van der Waals surface area contributed by atoms with Gasteiger partial charge < -0.3 is 26.0 Å². The molecular weight excluding hydrogens is 228 g/mol. The minimum absolute atomic E-state index is 0.301. The molecule has 0 saturated carbocycles. The zero-order valence-corrected chi connectivity index (χ0v) is 9.69. The number of nitrogens with two attached hydrogens (primary N) is 2. The van der Waals surface area contributed by atoms with Gasteiger partial charge in [-0.05, 0) is 0 Å². The van der Waals surface area contributed by atoms with Crippen LogP contribution in [0.3, 0.4) is 0 Å². The fraction of sp³-hybridized carbons (Fsp3) is 0.500. The fourth-order valence-corrected chi connectivity index (χ4v) is 0.749. The quantitative estimate of drug-likeness (QED) is 0.188. The molecule has 0 aromatic rings. The molecule has 0 atom stereocenters. The van der Waals surface area contributed by atoms with E-state index in [-0.39, 0.29) is 25.0 Å². The van der Waals surface area contributed by atoms with Crippen molar-refractivity contribution in [3.8, 4) is 0 Å². The van der Waals surface area contributed by atoms with Crippen molar-refractivity contribution >= 4 is 23.9 Å². The average molecular weight is 244 g/mol. The number of likely N-dealkylation sites (N-methyl/N-ethyl adjacent to an activating group) is 2. The Bertz CT molecular complexity index is 310. The van der Waals surface area contributed by atoms with Gasteiger partial charge in [-0.3, -0.25) is 10.8 Å². The predicted molar refractivity (Wildman–Crippen MR) is 60.2 cm³/mol. The smallest absolute Gasteiger partial charge is 0.333 e. The maximum Gasteiger partial charge on any atom is 0.333 e. The van der Waals surface area contributed by atoms with Crippen molar-refractivity contribution in [2.75, 3.05) is 27.2 Å². The number of hydrogen-bond donors (Lipinski definition) is 4. The highest BCUT2D eigenvalue weighted by Gasteiger charge is 2.15. The SMILES string of the molecule is CN(CC(=O)OC(=O)CN(C)C(=N)N)C(=N)N. The second-order valence-electron chi connectivity index (χ2n) is 3.33. The third-order valence-electron chi connectivity index (χ3n) is 1.78. The van der Waals surface area contributed by atoms with Crippen molar-refractivity contribution in [3.05, 3.63) is 0 Å². The summed E-state index contributed by atoms with van der Waals surface area (Å²) >= 11 is 0. The van der Waals surface area contributed by atoms with Crippen molar-refractivity contribution in [2.24, 2.45) is 11.5 Å². The second kappa shape index (κ2) is 6.30. The third-order valence-corrected chi connectivity index (χ3v) is 1.78. The van der Waals surface area contributed by atoms with E-state index in [9.17, 15) is 9.59 Å². The standard InChI is InChI=1S/C8H16N6O3/c1-13(7(9)10)3-5(15)17-6(16)4-14(2)8(11)12/h3-4H2,1-2H3,(H3,9,10)(H3,11,12). The first-order valence-corrected chi connectivity index (χ1v) is 4.58. The van der Waals surface area contributed by atoms with Crippen molar-refractivity contribution in [2.45, 2.75) is 0 Å². The molecule has 0 radical (unpaired) electrons. The molecule has 9 nitrogen and oxygen atoms in total. The molecule has 0 spiro atoms. The van der Waals surface area contributed by atoms with Crippen LogP contribution in [0.1, 0.15) is 0 Å². The molecule has 0 amide bonds. The van der Waals surface area contributed by atoms with Gasteiger partial charge in [0.05, 0.1) is 0 Å². The van der Waals surface area contributed by atoms with Crippen LogP contribution in [0, 0.1) is 10.8 Å². The Morgan fingerprint density at radius 2 is 1.29 bits per heavy atom. The van der Waals surface area contributed by atoms with E-state index in [1.807, 2.05) is 0 Å². The Hall–Kier alpha value is -2.32. The van der Waals surface area contributed by atoms with Crippen LogP contribution in [-0.4, -0.2) is 60.8 Å². The van der Waals surface area contributed by atoms with Crippen LogP contribution in [-0.2, 0) is 14.3 Å². The van der Waals surface area contributed by atoms with Crippen LogP contribution < -0.4 is 11.5 Å². The molecule has 0 rings (SSSR count). The van der Waals surface area contributed by atoms with Gasteiger partial charge in [-0.15, -0.1) is 0 Å². The predicted octanol–water partition coefficient (Wildman–Crippen LogP) is -2.29. The van der Waals surface area contributed by atoms with Gasteiger partial charge in [0, 0.05) is 14.1 Å². The molecule has 0 bridgehead atoms. The summed E-state index contributed by atoms with van der Waals surface area (Å²) in [5.74, 6) is -2.28. The summed E-state index contributed by atoms with van der Waals surface area (Å²) in [5, 5.41) is 14.0. The van der Waals surface area contributed by atoms with E-state index in [4.69, 9.17) is 22.3 Å². The lowest BCUT2D eigenvalue weighted by molar-refractivity contribution is -0.159. The fourth-order valence-electron chi connectivity index (χ4n) is 0.749. The van der Waals surface area contributed by atoms with Crippen LogP contribution in [0.15, 0.2) is 0 Å². The molecule has 0 aromatic heterocycles. The molecule has 0 unspecified atom stereocenters. The molecule has 6 N–H and O–H groups in total. The zero-order valence-electron chi connectivity index (χ0n) is 9.69. The van der Waals surface area contributed by atoms with Gasteiger partial charge in [-0.25, -0.2) is 9.59 Å². The van der Waals surface area contributed by atoms with Crippen LogP contribution in [0.5, 0.6) is 0 Å². The van der Waals surface area contributed by atoms with Crippen LogP contribution >= 0.6 is 0 Å². The number of carbonyl (C=O) groups excluding carboxylic acids is 2. The Balaban J connectivity index is 4.09. The van der Waals surface area contributed by atoms with Gasteiger partial charge in [0.15, 0.2) is 11.9 Å². The minimum atomic E-state index is -0.829. The highest BCUT2D eigenvalue weighted by atomic mass is 16.6. The summed E-state index contributed by atoms with van der Waals surface area (Å²) < 4.78 is 4.43. The van der Waals surface area contributed by atoms with Crippen LogP contribution in [0.2, 0.25) is 0 Å². The number of hydrogen-bond acceptors (Lipinski definition) is 5. The summed E-state index contributed by atoms with van der Waals surface area (Å²) in [5.41, 5.74) is 10.2. The molecule has 0 aromatic carbocycles. The number of esters is 2. The van der Waals surface area contributed by atoms with Crippen molar-refractivity contribution in [1.82, 2.24) is 9.80 Å². The lowest BCUT2D eigenvalue weighted by Crippen LogP contribution is -2.40. The number of ether oxygens (including phenoxy) is 1. The van der Waals surface area contributed by atoms with E-state index < -0.39 is 11.9 Å². The lowest BCUT2D eigenvalue weighted by Gasteiger charge is -2.17. The van der Waals surface area contributed by atoms with Gasteiger partial charge in [-0.1, -0.05) is 0 Å². The van der Waals surface area contributed by atoms with E-state index in [2.05, 4.69) is 4.74 Å². The monoisotopic (exact) mass is 244 g/mol. The van der Waals surface area contributed by atoms with Crippen LogP contribution in [0.4, 0.5) is 0 Å². The molecule has 0 fully saturated rings. The van der Waals surface area contributed by atoms with E-state index in [0.29, 0.717) is 0 Å². The number of nitrogens with one attached hydrogen (secondary N) is 2. The van der Waals surface area contributed by atoms with E-state index in [1.165, 1.54) is 14.1 Å². The molecule has 0 aliphatic heterocycles. The lowest BCUT2D eigenvalue weighted by atomic mass is 10.5. The van der Waals surface area contributed by atoms with Gasteiger partial charge in [0.25, 0.3) is 0 Å². The maximum atomic E-state index is 11.2. The molecule has 96 valence electrons. The summed E-state index contributed by atoms with van der Waals surface area (Å²) in [6, 6.07) is 0. The molecule has 17 heavy (non-hydrogen) atoms. The van der Waals surface area contributed by atoms with Crippen molar-refractivity contribution in [3.63, 3.8) is 0 Å². The van der Waals surface area contributed by atoms with Gasteiger partial charge in [0.1, 0.15) is 13.1 Å².